The van der Waals surface area contributed by atoms with Crippen molar-refractivity contribution in [3.63, 3.8) is 0 Å². The molecule has 1 amide bonds. The van der Waals surface area contributed by atoms with E-state index in [0.29, 0.717) is 11.0 Å². The Balaban J connectivity index is 1.49. The average molecular weight is 417 g/mol. The van der Waals surface area contributed by atoms with Gasteiger partial charge in [-0.1, -0.05) is 60.3 Å². The van der Waals surface area contributed by atoms with E-state index in [1.807, 2.05) is 67.6 Å². The first-order valence-electron chi connectivity index (χ1n) is 9.36. The summed E-state index contributed by atoms with van der Waals surface area (Å²) in [6.07, 6.45) is 3.34. The van der Waals surface area contributed by atoms with Crippen LogP contribution in [0.25, 0.3) is 22.5 Å². The van der Waals surface area contributed by atoms with Crippen molar-refractivity contribution in [3.8, 4) is 22.5 Å². The maximum Gasteiger partial charge on any atom is 0.237 e. The molecule has 0 aliphatic rings. The van der Waals surface area contributed by atoms with Gasteiger partial charge in [-0.25, -0.2) is 4.68 Å². The molecule has 0 bridgehead atoms. The van der Waals surface area contributed by atoms with Crippen LogP contribution in [0, 0.1) is 0 Å². The van der Waals surface area contributed by atoms with Crippen molar-refractivity contribution in [2.45, 2.75) is 17.3 Å². The van der Waals surface area contributed by atoms with E-state index in [0.717, 1.165) is 22.4 Å². The first-order valence-corrected chi connectivity index (χ1v) is 10.2. The number of anilines is 1. The second kappa shape index (κ2) is 8.79. The summed E-state index contributed by atoms with van der Waals surface area (Å²) in [6, 6.07) is 21.3. The van der Waals surface area contributed by atoms with Crippen molar-refractivity contribution < 1.29 is 4.79 Å². The summed E-state index contributed by atoms with van der Waals surface area (Å²) in [5.74, 6) is 6.50. The minimum absolute atomic E-state index is 0.144. The zero-order chi connectivity index (χ0) is 20.9. The lowest BCUT2D eigenvalue weighted by Gasteiger charge is -2.14. The Bertz CT molecular complexity index is 1150. The van der Waals surface area contributed by atoms with Gasteiger partial charge in [0.05, 0.1) is 5.25 Å². The molecule has 1 atom stereocenters. The third kappa shape index (κ3) is 4.18. The Hall–Kier alpha value is -3.65. The third-order valence-corrected chi connectivity index (χ3v) is 5.56. The number of carbonyl (C=O) groups is 1. The van der Waals surface area contributed by atoms with Crippen LogP contribution >= 0.6 is 11.8 Å². The monoisotopic (exact) mass is 416 g/mol. The number of nitrogen functional groups attached to an aromatic ring is 1. The molecule has 150 valence electrons. The number of benzene rings is 2. The van der Waals surface area contributed by atoms with Crippen LogP contribution < -0.4 is 11.2 Å². The Kier molecular flexibility index (Phi) is 5.76. The number of hydrogen-bond donors (Lipinski definition) is 2. The Morgan fingerprint density at radius 2 is 1.73 bits per heavy atom. The van der Waals surface area contributed by atoms with Gasteiger partial charge in [-0.15, -0.1) is 10.2 Å². The van der Waals surface area contributed by atoms with Crippen LogP contribution in [0.1, 0.15) is 6.92 Å². The number of carbonyl (C=O) groups excluding carboxylic acids is 1. The van der Waals surface area contributed by atoms with Gasteiger partial charge in [0.15, 0.2) is 5.82 Å². The van der Waals surface area contributed by atoms with Crippen molar-refractivity contribution in [1.82, 2.24) is 19.9 Å². The van der Waals surface area contributed by atoms with Gasteiger partial charge in [-0.2, -0.15) is 0 Å². The van der Waals surface area contributed by atoms with Gasteiger partial charge >= 0.3 is 0 Å². The molecular weight excluding hydrogens is 396 g/mol. The van der Waals surface area contributed by atoms with E-state index in [-0.39, 0.29) is 5.91 Å². The van der Waals surface area contributed by atoms with Crippen LogP contribution in [-0.4, -0.2) is 31.0 Å². The molecule has 2 aromatic heterocycles. The number of hydrogen-bond acceptors (Lipinski definition) is 6. The zero-order valence-corrected chi connectivity index (χ0v) is 17.1. The van der Waals surface area contributed by atoms with Gasteiger partial charge in [0.1, 0.15) is 0 Å². The number of nitrogens with two attached hydrogens (primary N) is 1. The highest BCUT2D eigenvalue weighted by Crippen LogP contribution is 2.29. The SMILES string of the molecule is C[C@@H](Sc1nnc(-c2cccnc2)n1N)C(=O)Nc1ccccc1-c1ccccc1. The summed E-state index contributed by atoms with van der Waals surface area (Å²) in [6.45, 7) is 1.81. The summed E-state index contributed by atoms with van der Waals surface area (Å²) < 4.78 is 1.38. The molecule has 0 aliphatic carbocycles. The molecule has 30 heavy (non-hydrogen) atoms. The van der Waals surface area contributed by atoms with Gasteiger partial charge in [-0.05, 0) is 30.7 Å². The number of amides is 1. The fourth-order valence-electron chi connectivity index (χ4n) is 2.96. The van der Waals surface area contributed by atoms with E-state index < -0.39 is 5.25 Å². The van der Waals surface area contributed by atoms with Crippen LogP contribution in [0.2, 0.25) is 0 Å². The van der Waals surface area contributed by atoms with Crippen LogP contribution in [0.3, 0.4) is 0 Å². The lowest BCUT2D eigenvalue weighted by atomic mass is 10.0. The summed E-state index contributed by atoms with van der Waals surface area (Å²) >= 11 is 1.25. The van der Waals surface area contributed by atoms with E-state index >= 15 is 0 Å². The summed E-state index contributed by atoms with van der Waals surface area (Å²) in [5, 5.41) is 11.3. The number of rotatable bonds is 6. The van der Waals surface area contributed by atoms with Crippen molar-refractivity contribution in [2.24, 2.45) is 0 Å². The van der Waals surface area contributed by atoms with Gasteiger partial charge in [0.2, 0.25) is 11.1 Å². The molecule has 0 saturated carbocycles. The van der Waals surface area contributed by atoms with Crippen LogP contribution in [0.4, 0.5) is 5.69 Å². The Morgan fingerprint density at radius 1 is 1.00 bits per heavy atom. The average Bonchev–Trinajstić information content (AvgIpc) is 3.15. The minimum Gasteiger partial charge on any atom is -0.335 e. The molecule has 3 N–H and O–H groups in total. The Labute approximate surface area is 178 Å². The van der Waals surface area contributed by atoms with Crippen LogP contribution in [0.5, 0.6) is 0 Å². The topological polar surface area (TPSA) is 98.7 Å². The smallest absolute Gasteiger partial charge is 0.237 e. The second-order valence-corrected chi connectivity index (χ2v) is 7.89. The molecule has 2 heterocycles. The standard InChI is InChI=1S/C22H20N6OS/c1-15(30-22-27-26-20(28(22)23)17-10-7-13-24-14-17)21(29)25-19-12-6-5-11-18(19)16-8-3-2-4-9-16/h2-15H,23H2,1H3,(H,25,29)/t15-/m1/s1. The molecule has 7 nitrogen and oxygen atoms in total. The van der Waals surface area contributed by atoms with E-state index in [4.69, 9.17) is 5.84 Å². The largest absolute Gasteiger partial charge is 0.335 e. The molecule has 0 spiro atoms. The molecule has 0 unspecified atom stereocenters. The fraction of sp³-hybridized carbons (Fsp3) is 0.0909. The van der Waals surface area contributed by atoms with E-state index in [2.05, 4.69) is 20.5 Å². The molecule has 8 heteroatoms. The first kappa shape index (κ1) is 19.7. The van der Waals surface area contributed by atoms with Crippen molar-refractivity contribution >= 4 is 23.4 Å². The van der Waals surface area contributed by atoms with Crippen molar-refractivity contribution in [1.29, 1.82) is 0 Å². The van der Waals surface area contributed by atoms with Crippen LogP contribution in [0.15, 0.2) is 84.3 Å². The van der Waals surface area contributed by atoms with Crippen molar-refractivity contribution in [2.75, 3.05) is 11.2 Å². The first-order chi connectivity index (χ1) is 14.6. The number of nitrogens with zero attached hydrogens (tertiary/aromatic N) is 4. The predicted octanol–water partition coefficient (Wildman–Crippen LogP) is 3.84. The van der Waals surface area contributed by atoms with E-state index in [1.165, 1.54) is 16.4 Å². The number of thioether (sulfide) groups is 1. The highest BCUT2D eigenvalue weighted by atomic mass is 32.2. The van der Waals surface area contributed by atoms with Gasteiger partial charge < -0.3 is 11.2 Å². The second-order valence-electron chi connectivity index (χ2n) is 6.58. The summed E-state index contributed by atoms with van der Waals surface area (Å²) in [7, 11) is 0. The fourth-order valence-corrected chi connectivity index (χ4v) is 3.73. The number of pyridine rings is 1. The quantitative estimate of drug-likeness (QED) is 0.366. The molecule has 4 aromatic rings. The van der Waals surface area contributed by atoms with Gasteiger partial charge in [0, 0.05) is 29.2 Å². The molecule has 0 saturated heterocycles. The van der Waals surface area contributed by atoms with Gasteiger partial charge in [0.25, 0.3) is 0 Å². The maximum atomic E-state index is 12.8. The van der Waals surface area contributed by atoms with E-state index in [9.17, 15) is 4.79 Å². The summed E-state index contributed by atoms with van der Waals surface area (Å²) in [4.78, 5) is 16.9. The minimum atomic E-state index is -0.429. The molecular formula is C22H20N6OS. The maximum absolute atomic E-state index is 12.8. The third-order valence-electron chi connectivity index (χ3n) is 4.51. The van der Waals surface area contributed by atoms with E-state index in [1.54, 1.807) is 18.5 Å². The molecule has 0 fully saturated rings. The predicted molar refractivity (Wildman–Crippen MR) is 119 cm³/mol. The van der Waals surface area contributed by atoms with Crippen LogP contribution in [-0.2, 0) is 4.79 Å². The zero-order valence-electron chi connectivity index (χ0n) is 16.3. The Morgan fingerprint density at radius 3 is 2.50 bits per heavy atom. The molecule has 4 rings (SSSR count). The highest BCUT2D eigenvalue weighted by Gasteiger charge is 2.21. The number of aromatic nitrogens is 4. The molecule has 0 aliphatic heterocycles. The molecule has 0 radical (unpaired) electrons. The molecule has 2 aromatic carbocycles. The van der Waals surface area contributed by atoms with Crippen molar-refractivity contribution in [3.05, 3.63) is 79.1 Å². The lowest BCUT2D eigenvalue weighted by molar-refractivity contribution is -0.115. The van der Waals surface area contributed by atoms with Gasteiger partial charge in [-0.3, -0.25) is 9.78 Å². The normalized spacial score (nSPS) is 11.8. The summed E-state index contributed by atoms with van der Waals surface area (Å²) in [5.41, 5.74) is 3.51. The highest BCUT2D eigenvalue weighted by molar-refractivity contribution is 8.00. The number of nitrogens with one attached hydrogen (secondary N) is 1. The number of para-hydroxylation sites is 1. The lowest BCUT2D eigenvalue weighted by Crippen LogP contribution is -2.24.